The van der Waals surface area contributed by atoms with Crippen LogP contribution in [-0.2, 0) is 17.9 Å². The first-order chi connectivity index (χ1) is 10.8. The summed E-state index contributed by atoms with van der Waals surface area (Å²) in [4.78, 5) is 16.7. The number of thioether (sulfide) groups is 1. The molecule has 6 nitrogen and oxygen atoms in total. The van der Waals surface area contributed by atoms with E-state index >= 15 is 0 Å². The van der Waals surface area contributed by atoms with Crippen LogP contribution in [-0.4, -0.2) is 33.9 Å². The van der Waals surface area contributed by atoms with Gasteiger partial charge in [-0.3, -0.25) is 4.79 Å². The Kier molecular flexibility index (Phi) is 3.42. The summed E-state index contributed by atoms with van der Waals surface area (Å²) in [5.74, 6) is 2.16. The molecule has 0 saturated heterocycles. The molecule has 0 fully saturated rings. The minimum atomic E-state index is -0.626. The van der Waals surface area contributed by atoms with Gasteiger partial charge in [0.1, 0.15) is 6.61 Å². The Morgan fingerprint density at radius 2 is 2.27 bits per heavy atom. The van der Waals surface area contributed by atoms with Gasteiger partial charge in [-0.25, -0.2) is 4.98 Å². The maximum Gasteiger partial charge on any atom is 0.265 e. The van der Waals surface area contributed by atoms with Crippen LogP contribution in [0.2, 0.25) is 0 Å². The van der Waals surface area contributed by atoms with E-state index in [4.69, 9.17) is 9.47 Å². The number of para-hydroxylation sites is 2. The highest BCUT2D eigenvalue weighted by atomic mass is 32.2. The van der Waals surface area contributed by atoms with E-state index < -0.39 is 6.10 Å². The summed E-state index contributed by atoms with van der Waals surface area (Å²) in [6.07, 6.45) is 1.36. The normalized spacial score (nSPS) is 18.8. The minimum absolute atomic E-state index is 0.185. The van der Waals surface area contributed by atoms with Crippen molar-refractivity contribution in [2.75, 3.05) is 12.4 Å². The maximum atomic E-state index is 12.2. The average molecular weight is 317 g/mol. The Balaban J connectivity index is 1.36. The number of benzene rings is 1. The number of carbonyl (C=O) groups excluding carboxylic acids is 1. The number of hydrogen-bond donors (Lipinski definition) is 1. The second-order valence-electron chi connectivity index (χ2n) is 5.14. The van der Waals surface area contributed by atoms with Crippen molar-refractivity contribution in [3.63, 3.8) is 0 Å². The van der Waals surface area contributed by atoms with Gasteiger partial charge >= 0.3 is 0 Å². The van der Waals surface area contributed by atoms with E-state index in [0.29, 0.717) is 18.0 Å². The molecule has 1 amide bonds. The number of nitrogens with zero attached hydrogens (tertiary/aromatic N) is 2. The van der Waals surface area contributed by atoms with E-state index in [1.807, 2.05) is 24.4 Å². The van der Waals surface area contributed by atoms with Crippen molar-refractivity contribution in [3.8, 4) is 11.5 Å². The molecular weight excluding hydrogens is 302 g/mol. The summed E-state index contributed by atoms with van der Waals surface area (Å²) in [6.45, 7) is 1.61. The quantitative estimate of drug-likeness (QED) is 0.928. The van der Waals surface area contributed by atoms with Gasteiger partial charge in [-0.1, -0.05) is 23.9 Å². The Morgan fingerprint density at radius 3 is 3.14 bits per heavy atom. The lowest BCUT2D eigenvalue weighted by Gasteiger charge is -2.25. The molecule has 1 atom stereocenters. The molecule has 1 aromatic carbocycles. The highest BCUT2D eigenvalue weighted by molar-refractivity contribution is 7.99. The van der Waals surface area contributed by atoms with Crippen molar-refractivity contribution in [2.24, 2.45) is 0 Å². The summed E-state index contributed by atoms with van der Waals surface area (Å²) < 4.78 is 13.3. The van der Waals surface area contributed by atoms with Gasteiger partial charge in [-0.05, 0) is 12.1 Å². The van der Waals surface area contributed by atoms with Crippen LogP contribution in [0.15, 0.2) is 35.6 Å². The van der Waals surface area contributed by atoms with Crippen LogP contribution in [0.1, 0.15) is 5.69 Å². The number of imidazole rings is 1. The Labute approximate surface area is 131 Å². The second kappa shape index (κ2) is 5.57. The standard InChI is InChI=1S/C15H15N3O3S/c19-14(13-9-20-11-3-1-2-4-12(11)21-13)16-7-10-8-18-5-6-22-15(18)17-10/h1-4,8,13H,5-7,9H2,(H,16,19). The molecule has 0 radical (unpaired) electrons. The van der Waals surface area contributed by atoms with E-state index in [1.165, 1.54) is 0 Å². The SMILES string of the molecule is O=C(NCc1cn2c(n1)SCC2)C1COc2ccccc2O1. The van der Waals surface area contributed by atoms with Gasteiger partial charge in [0.15, 0.2) is 16.7 Å². The van der Waals surface area contributed by atoms with Gasteiger partial charge in [0.2, 0.25) is 6.10 Å². The molecular formula is C15H15N3O3S. The molecule has 114 valence electrons. The number of rotatable bonds is 3. The van der Waals surface area contributed by atoms with Crippen LogP contribution >= 0.6 is 11.8 Å². The minimum Gasteiger partial charge on any atom is -0.485 e. The zero-order valence-electron chi connectivity index (χ0n) is 11.8. The third kappa shape index (κ3) is 2.52. The van der Waals surface area contributed by atoms with Gasteiger partial charge in [-0.15, -0.1) is 0 Å². The number of aromatic nitrogens is 2. The number of nitrogens with one attached hydrogen (secondary N) is 1. The van der Waals surface area contributed by atoms with Crippen molar-refractivity contribution < 1.29 is 14.3 Å². The highest BCUT2D eigenvalue weighted by Crippen LogP contribution is 2.30. The number of aryl methyl sites for hydroxylation is 1. The number of amides is 1. The zero-order valence-corrected chi connectivity index (χ0v) is 12.6. The van der Waals surface area contributed by atoms with Crippen LogP contribution in [0.3, 0.4) is 0 Å². The van der Waals surface area contributed by atoms with Crippen molar-refractivity contribution in [1.82, 2.24) is 14.9 Å². The average Bonchev–Trinajstić information content (AvgIpc) is 3.13. The van der Waals surface area contributed by atoms with E-state index in [0.717, 1.165) is 23.1 Å². The smallest absolute Gasteiger partial charge is 0.265 e. The molecule has 1 N–H and O–H groups in total. The first kappa shape index (κ1) is 13.5. The molecule has 0 saturated carbocycles. The third-order valence-corrected chi connectivity index (χ3v) is 4.57. The summed E-state index contributed by atoms with van der Waals surface area (Å²) >= 11 is 1.74. The molecule has 1 unspecified atom stereocenters. The van der Waals surface area contributed by atoms with E-state index in [1.54, 1.807) is 17.8 Å². The van der Waals surface area contributed by atoms with E-state index in [9.17, 15) is 4.79 Å². The van der Waals surface area contributed by atoms with Crippen molar-refractivity contribution in [2.45, 2.75) is 24.3 Å². The molecule has 7 heteroatoms. The summed E-state index contributed by atoms with van der Waals surface area (Å²) in [5, 5.41) is 3.88. The fourth-order valence-electron chi connectivity index (χ4n) is 2.49. The molecule has 0 bridgehead atoms. The predicted octanol–water partition coefficient (Wildman–Crippen LogP) is 1.44. The van der Waals surface area contributed by atoms with Crippen LogP contribution in [0.4, 0.5) is 0 Å². The van der Waals surface area contributed by atoms with E-state index in [2.05, 4.69) is 14.9 Å². The number of ether oxygens (including phenoxy) is 2. The lowest BCUT2D eigenvalue weighted by atomic mass is 10.2. The van der Waals surface area contributed by atoms with Crippen LogP contribution in [0.5, 0.6) is 11.5 Å². The fourth-order valence-corrected chi connectivity index (χ4v) is 3.45. The van der Waals surface area contributed by atoms with Crippen molar-refractivity contribution >= 4 is 17.7 Å². The first-order valence-electron chi connectivity index (χ1n) is 7.14. The number of fused-ring (bicyclic) bond motifs is 2. The molecule has 22 heavy (non-hydrogen) atoms. The Morgan fingerprint density at radius 1 is 1.41 bits per heavy atom. The summed E-state index contributed by atoms with van der Waals surface area (Å²) in [7, 11) is 0. The monoisotopic (exact) mass is 317 g/mol. The van der Waals surface area contributed by atoms with Gasteiger partial charge in [0, 0.05) is 18.5 Å². The lowest BCUT2D eigenvalue weighted by Crippen LogP contribution is -2.43. The maximum absolute atomic E-state index is 12.2. The van der Waals surface area contributed by atoms with Crippen LogP contribution in [0.25, 0.3) is 0 Å². The van der Waals surface area contributed by atoms with Crippen LogP contribution in [0, 0.1) is 0 Å². The molecule has 2 aromatic rings. The van der Waals surface area contributed by atoms with E-state index in [-0.39, 0.29) is 12.5 Å². The lowest BCUT2D eigenvalue weighted by molar-refractivity contribution is -0.130. The van der Waals surface area contributed by atoms with Gasteiger partial charge in [0.05, 0.1) is 12.2 Å². The van der Waals surface area contributed by atoms with Crippen molar-refractivity contribution in [3.05, 3.63) is 36.2 Å². The summed E-state index contributed by atoms with van der Waals surface area (Å²) in [5.41, 5.74) is 0.868. The predicted molar refractivity (Wildman–Crippen MR) is 81.2 cm³/mol. The molecule has 2 aliphatic rings. The molecule has 3 heterocycles. The second-order valence-corrected chi connectivity index (χ2v) is 6.20. The van der Waals surface area contributed by atoms with Gasteiger partial charge < -0.3 is 19.4 Å². The largest absolute Gasteiger partial charge is 0.485 e. The molecule has 0 aliphatic carbocycles. The highest BCUT2D eigenvalue weighted by Gasteiger charge is 2.27. The molecule has 4 rings (SSSR count). The molecule has 2 aliphatic heterocycles. The zero-order chi connectivity index (χ0) is 14.9. The van der Waals surface area contributed by atoms with Gasteiger partial charge in [-0.2, -0.15) is 0 Å². The summed E-state index contributed by atoms with van der Waals surface area (Å²) in [6, 6.07) is 7.35. The Hall–Kier alpha value is -2.15. The third-order valence-electron chi connectivity index (χ3n) is 3.60. The fraction of sp³-hybridized carbons (Fsp3) is 0.333. The van der Waals surface area contributed by atoms with Crippen molar-refractivity contribution in [1.29, 1.82) is 0 Å². The molecule has 0 spiro atoms. The first-order valence-corrected chi connectivity index (χ1v) is 8.13. The topological polar surface area (TPSA) is 65.4 Å². The number of carbonyl (C=O) groups is 1. The van der Waals surface area contributed by atoms with Gasteiger partial charge in [0.25, 0.3) is 5.91 Å². The molecule has 1 aromatic heterocycles. The Bertz CT molecular complexity index is 694. The van der Waals surface area contributed by atoms with Crippen LogP contribution < -0.4 is 14.8 Å². The number of hydrogen-bond acceptors (Lipinski definition) is 5.